The van der Waals surface area contributed by atoms with Crippen molar-refractivity contribution in [2.75, 3.05) is 5.32 Å². The van der Waals surface area contributed by atoms with Gasteiger partial charge >= 0.3 is 6.18 Å². The third-order valence-electron chi connectivity index (χ3n) is 5.61. The van der Waals surface area contributed by atoms with E-state index in [1.54, 1.807) is 42.5 Å². The third kappa shape index (κ3) is 6.47. The Kier molecular flexibility index (Phi) is 7.72. The van der Waals surface area contributed by atoms with Gasteiger partial charge in [-0.3, -0.25) is 9.59 Å². The van der Waals surface area contributed by atoms with E-state index in [9.17, 15) is 27.9 Å². The van der Waals surface area contributed by atoms with Gasteiger partial charge in [-0.2, -0.15) is 23.5 Å². The summed E-state index contributed by atoms with van der Waals surface area (Å²) in [4.78, 5) is 24.9. The van der Waals surface area contributed by atoms with Gasteiger partial charge in [-0.05, 0) is 53.4 Å². The van der Waals surface area contributed by atoms with Crippen LogP contribution in [0.3, 0.4) is 0 Å². The van der Waals surface area contributed by atoms with E-state index in [-0.39, 0.29) is 22.4 Å². The molecule has 7 nitrogen and oxygen atoms in total. The van der Waals surface area contributed by atoms with Crippen molar-refractivity contribution in [3.05, 3.63) is 113 Å². The molecule has 0 aliphatic carbocycles. The molecule has 4 aromatic rings. The molecule has 2 amide bonds. The lowest BCUT2D eigenvalue weighted by Gasteiger charge is -2.10. The zero-order valence-corrected chi connectivity index (χ0v) is 20.0. The number of hydrogen-bond donors (Lipinski definition) is 3. The Labute approximate surface area is 220 Å². The van der Waals surface area contributed by atoms with Crippen LogP contribution in [0.5, 0.6) is 5.75 Å². The van der Waals surface area contributed by atoms with Gasteiger partial charge in [-0.1, -0.05) is 42.5 Å². The zero-order chi connectivity index (χ0) is 28.0. The highest BCUT2D eigenvalue weighted by Crippen LogP contribution is 2.30. The molecule has 0 bridgehead atoms. The maximum absolute atomic E-state index is 12.9. The number of hydrogen-bond acceptors (Lipinski definition) is 5. The summed E-state index contributed by atoms with van der Waals surface area (Å²) in [6.07, 6.45) is -0.614. The number of carbonyl (C=O) groups is 2. The minimum Gasteiger partial charge on any atom is -0.507 e. The molecule has 0 fully saturated rings. The lowest BCUT2D eigenvalue weighted by atomic mass is 10.0. The Morgan fingerprint density at radius 1 is 0.949 bits per heavy atom. The first-order chi connectivity index (χ1) is 18.7. The van der Waals surface area contributed by atoms with Gasteiger partial charge in [-0.25, -0.2) is 5.43 Å². The quantitative estimate of drug-likeness (QED) is 0.165. The summed E-state index contributed by atoms with van der Waals surface area (Å²) in [6.45, 7) is 0. The van der Waals surface area contributed by atoms with Gasteiger partial charge in [0, 0.05) is 28.3 Å². The number of halogens is 3. The molecule has 4 rings (SSSR count). The summed E-state index contributed by atoms with van der Waals surface area (Å²) in [7, 11) is 0. The second-order valence-corrected chi connectivity index (χ2v) is 8.24. The fourth-order valence-corrected chi connectivity index (χ4v) is 3.70. The molecule has 0 heterocycles. The largest absolute Gasteiger partial charge is 0.507 e. The molecule has 0 aliphatic rings. The number of alkyl halides is 3. The molecule has 4 aromatic carbocycles. The number of aromatic hydroxyl groups is 1. The van der Waals surface area contributed by atoms with Gasteiger partial charge in [0.2, 0.25) is 5.91 Å². The van der Waals surface area contributed by atoms with E-state index in [2.05, 4.69) is 15.8 Å². The van der Waals surface area contributed by atoms with Crippen LogP contribution in [0.1, 0.15) is 32.6 Å². The summed E-state index contributed by atoms with van der Waals surface area (Å²) in [5.74, 6) is -1.34. The van der Waals surface area contributed by atoms with E-state index < -0.39 is 23.6 Å². The molecule has 0 saturated heterocycles. The summed E-state index contributed by atoms with van der Waals surface area (Å²) in [6, 6.07) is 20.7. The van der Waals surface area contributed by atoms with Crippen LogP contribution in [-0.4, -0.2) is 23.1 Å². The topological polar surface area (TPSA) is 115 Å². The number of phenols is 1. The summed E-state index contributed by atoms with van der Waals surface area (Å²) >= 11 is 0. The summed E-state index contributed by atoms with van der Waals surface area (Å²) < 4.78 is 38.8. The number of amides is 2. The average Bonchev–Trinajstić information content (AvgIpc) is 2.93. The van der Waals surface area contributed by atoms with Crippen molar-refractivity contribution in [1.29, 1.82) is 5.26 Å². The summed E-state index contributed by atoms with van der Waals surface area (Å²) in [5, 5.41) is 26.7. The SMILES string of the molecule is N#Cc1cc(C(=O)NN=Cc2ccc(NC(=O)C=Cc3cccc(C(F)(F)F)c3)c3ccccc23)ccc1O. The van der Waals surface area contributed by atoms with Gasteiger partial charge in [0.25, 0.3) is 5.91 Å². The molecule has 194 valence electrons. The van der Waals surface area contributed by atoms with Gasteiger partial charge in [0.15, 0.2) is 0 Å². The molecular formula is C29H19F3N4O3. The molecule has 0 spiro atoms. The van der Waals surface area contributed by atoms with E-state index in [0.29, 0.717) is 22.0 Å². The van der Waals surface area contributed by atoms with Crippen LogP contribution in [0.4, 0.5) is 18.9 Å². The average molecular weight is 528 g/mol. The van der Waals surface area contributed by atoms with Crippen LogP contribution in [0.15, 0.2) is 90.0 Å². The zero-order valence-electron chi connectivity index (χ0n) is 20.0. The molecular weight excluding hydrogens is 509 g/mol. The molecule has 0 atom stereocenters. The first-order valence-corrected chi connectivity index (χ1v) is 11.4. The number of phenolic OH excluding ortho intramolecular Hbond substituents is 1. The van der Waals surface area contributed by atoms with Crippen molar-refractivity contribution in [3.63, 3.8) is 0 Å². The maximum atomic E-state index is 12.9. The maximum Gasteiger partial charge on any atom is 0.416 e. The Balaban J connectivity index is 1.49. The van der Waals surface area contributed by atoms with Crippen molar-refractivity contribution < 1.29 is 27.9 Å². The van der Waals surface area contributed by atoms with Crippen LogP contribution in [0, 0.1) is 11.3 Å². The smallest absolute Gasteiger partial charge is 0.416 e. The Morgan fingerprint density at radius 3 is 2.46 bits per heavy atom. The summed E-state index contributed by atoms with van der Waals surface area (Å²) in [5.41, 5.74) is 2.99. The number of fused-ring (bicyclic) bond motifs is 1. The van der Waals surface area contributed by atoms with Crippen LogP contribution >= 0.6 is 0 Å². The van der Waals surface area contributed by atoms with Crippen LogP contribution < -0.4 is 10.7 Å². The normalized spacial score (nSPS) is 11.5. The van der Waals surface area contributed by atoms with Crippen molar-refractivity contribution >= 4 is 40.6 Å². The number of benzene rings is 4. The van der Waals surface area contributed by atoms with Gasteiger partial charge in [0.1, 0.15) is 11.8 Å². The Morgan fingerprint density at radius 2 is 1.72 bits per heavy atom. The second-order valence-electron chi connectivity index (χ2n) is 8.24. The lowest BCUT2D eigenvalue weighted by molar-refractivity contribution is -0.137. The monoisotopic (exact) mass is 528 g/mol. The molecule has 0 saturated carbocycles. The fourth-order valence-electron chi connectivity index (χ4n) is 3.70. The fraction of sp³-hybridized carbons (Fsp3) is 0.0345. The van der Waals surface area contributed by atoms with E-state index in [0.717, 1.165) is 18.2 Å². The first kappa shape index (κ1) is 26.6. The minimum atomic E-state index is -4.48. The van der Waals surface area contributed by atoms with Gasteiger partial charge < -0.3 is 10.4 Å². The lowest BCUT2D eigenvalue weighted by Crippen LogP contribution is -2.17. The molecule has 0 unspecified atom stereocenters. The van der Waals surface area contributed by atoms with Crippen LogP contribution in [-0.2, 0) is 11.0 Å². The predicted molar refractivity (Wildman–Crippen MR) is 141 cm³/mol. The van der Waals surface area contributed by atoms with Crippen LogP contribution in [0.2, 0.25) is 0 Å². The number of anilines is 1. The molecule has 10 heteroatoms. The highest BCUT2D eigenvalue weighted by atomic mass is 19.4. The van der Waals surface area contributed by atoms with E-state index in [1.165, 1.54) is 42.6 Å². The number of hydrazone groups is 1. The molecule has 39 heavy (non-hydrogen) atoms. The first-order valence-electron chi connectivity index (χ1n) is 11.4. The number of nitrogens with zero attached hydrogens (tertiary/aromatic N) is 2. The van der Waals surface area contributed by atoms with E-state index >= 15 is 0 Å². The van der Waals surface area contributed by atoms with Crippen molar-refractivity contribution in [3.8, 4) is 11.8 Å². The Bertz CT molecular complexity index is 1670. The standard InChI is InChI=1S/C29H19F3N4O3/c30-29(31,32)22-5-3-4-18(14-22)8-13-27(38)35-25-11-9-20(23-6-1-2-7-24(23)25)17-34-36-28(39)19-10-12-26(37)21(15-19)16-33/h1-15,17,37H,(H,35,38)(H,36,39). The number of rotatable bonds is 6. The van der Waals surface area contributed by atoms with Crippen molar-refractivity contribution in [1.82, 2.24) is 5.43 Å². The van der Waals surface area contributed by atoms with Crippen molar-refractivity contribution in [2.45, 2.75) is 6.18 Å². The molecule has 0 aliphatic heterocycles. The highest BCUT2D eigenvalue weighted by Gasteiger charge is 2.30. The molecule has 0 aromatic heterocycles. The minimum absolute atomic E-state index is 0.0417. The molecule has 0 radical (unpaired) electrons. The highest BCUT2D eigenvalue weighted by molar-refractivity contribution is 6.11. The van der Waals surface area contributed by atoms with E-state index in [1.807, 2.05) is 0 Å². The third-order valence-corrected chi connectivity index (χ3v) is 5.61. The van der Waals surface area contributed by atoms with Gasteiger partial charge in [0.05, 0.1) is 17.3 Å². The number of carbonyl (C=O) groups excluding carboxylic acids is 2. The molecule has 3 N–H and O–H groups in total. The predicted octanol–water partition coefficient (Wildman–Crippen LogP) is 5.85. The number of nitriles is 1. The van der Waals surface area contributed by atoms with E-state index in [4.69, 9.17) is 5.26 Å². The number of nitrogens with one attached hydrogen (secondary N) is 2. The van der Waals surface area contributed by atoms with Gasteiger partial charge in [-0.15, -0.1) is 0 Å². The Hall–Kier alpha value is -5.43. The second kappa shape index (κ2) is 11.3. The van der Waals surface area contributed by atoms with Crippen molar-refractivity contribution in [2.24, 2.45) is 5.10 Å². The van der Waals surface area contributed by atoms with Crippen LogP contribution in [0.25, 0.3) is 16.8 Å².